The average molecular weight is 643 g/mol. The van der Waals surface area contributed by atoms with Crippen molar-refractivity contribution >= 4 is 27.4 Å². The number of benzene rings is 7. The van der Waals surface area contributed by atoms with Crippen molar-refractivity contribution in [2.24, 2.45) is 4.99 Å². The van der Waals surface area contributed by atoms with Crippen molar-refractivity contribution in [2.75, 3.05) is 6.54 Å². The lowest BCUT2D eigenvalue weighted by atomic mass is 9.80. The van der Waals surface area contributed by atoms with Crippen molar-refractivity contribution in [1.82, 2.24) is 5.32 Å². The Morgan fingerprint density at radius 1 is 0.460 bits per heavy atom. The van der Waals surface area contributed by atoms with Gasteiger partial charge in [0.1, 0.15) is 5.84 Å². The molecular weight excluding hydrogens is 605 g/mol. The molecule has 7 aromatic carbocycles. The number of hydrogen-bond donors (Lipinski definition) is 1. The minimum absolute atomic E-state index is 0.0591. The van der Waals surface area contributed by atoms with Gasteiger partial charge in [0.2, 0.25) is 0 Å². The second-order valence-corrected chi connectivity index (χ2v) is 15.1. The Labute approximate surface area is 293 Å². The molecule has 2 nitrogen and oxygen atoms in total. The molecule has 50 heavy (non-hydrogen) atoms. The van der Waals surface area contributed by atoms with Gasteiger partial charge in [-0.3, -0.25) is 0 Å². The predicted molar refractivity (Wildman–Crippen MR) is 211 cm³/mol. The molecule has 0 bridgehead atoms. The monoisotopic (exact) mass is 642 g/mol. The van der Waals surface area contributed by atoms with Crippen molar-refractivity contribution in [3.05, 3.63) is 167 Å². The Bertz CT molecular complexity index is 2650. The van der Waals surface area contributed by atoms with Gasteiger partial charge >= 0.3 is 0 Å². The number of nitrogens with one attached hydrogen (secondary N) is 1. The van der Waals surface area contributed by atoms with Crippen LogP contribution in [0.15, 0.2) is 145 Å². The van der Waals surface area contributed by atoms with Crippen LogP contribution in [0.1, 0.15) is 55.5 Å². The fourth-order valence-electron chi connectivity index (χ4n) is 9.28. The van der Waals surface area contributed by atoms with Gasteiger partial charge < -0.3 is 5.32 Å². The Morgan fingerprint density at radius 2 is 1.04 bits per heavy atom. The van der Waals surface area contributed by atoms with Gasteiger partial charge in [-0.05, 0) is 107 Å². The standard InChI is InChI=1S/C48H38N2/c1-47(2)40-19-10-8-16-36(40)44-37(17-11-20-41(44)47)43-33-14-5-6-15-34(33)45(46-49-25-12-26-50-46)35-24-22-29(27-38(35)43)30-21-23-32-31-13-7-9-18-39(31)48(3,4)42(32)28-30/h5-25,27-28H,26H2,1-4H3,(H,49,50). The van der Waals surface area contributed by atoms with Crippen LogP contribution in [0.4, 0.5) is 0 Å². The van der Waals surface area contributed by atoms with E-state index < -0.39 is 0 Å². The predicted octanol–water partition coefficient (Wildman–Crippen LogP) is 11.8. The number of fused-ring (bicyclic) bond motifs is 8. The Hall–Kier alpha value is -5.73. The summed E-state index contributed by atoms with van der Waals surface area (Å²) in [7, 11) is 0. The summed E-state index contributed by atoms with van der Waals surface area (Å²) in [5, 5.41) is 8.51. The summed E-state index contributed by atoms with van der Waals surface area (Å²) in [5.74, 6) is 0.926. The van der Waals surface area contributed by atoms with Crippen LogP contribution in [0.5, 0.6) is 0 Å². The summed E-state index contributed by atoms with van der Waals surface area (Å²) in [6.07, 6.45) is 4.00. The van der Waals surface area contributed by atoms with Gasteiger partial charge in [0.25, 0.3) is 0 Å². The molecule has 0 saturated heterocycles. The van der Waals surface area contributed by atoms with E-state index in [1.807, 2.05) is 6.20 Å². The molecule has 7 aromatic rings. The fourth-order valence-corrected chi connectivity index (χ4v) is 9.28. The molecular formula is C48H38N2. The van der Waals surface area contributed by atoms with Crippen molar-refractivity contribution in [3.63, 3.8) is 0 Å². The van der Waals surface area contributed by atoms with Crippen LogP contribution < -0.4 is 5.32 Å². The molecule has 0 aromatic heterocycles. The smallest absolute Gasteiger partial charge is 0.134 e. The molecule has 1 N–H and O–H groups in total. The summed E-state index contributed by atoms with van der Waals surface area (Å²) in [4.78, 5) is 4.89. The molecule has 10 rings (SSSR count). The lowest BCUT2D eigenvalue weighted by Gasteiger charge is -2.24. The normalized spacial score (nSPS) is 16.0. The van der Waals surface area contributed by atoms with Gasteiger partial charge in [-0.25, -0.2) is 4.99 Å². The average Bonchev–Trinajstić information content (AvgIpc) is 3.53. The first-order chi connectivity index (χ1) is 24.3. The first kappa shape index (κ1) is 29.2. The van der Waals surface area contributed by atoms with E-state index in [2.05, 4.69) is 166 Å². The third-order valence-corrected chi connectivity index (χ3v) is 11.8. The largest absolute Gasteiger partial charge is 0.366 e. The van der Waals surface area contributed by atoms with Crippen LogP contribution in [-0.2, 0) is 10.8 Å². The van der Waals surface area contributed by atoms with Crippen molar-refractivity contribution in [3.8, 4) is 44.5 Å². The van der Waals surface area contributed by atoms with E-state index >= 15 is 0 Å². The van der Waals surface area contributed by atoms with Gasteiger partial charge in [-0.1, -0.05) is 143 Å². The molecule has 1 aliphatic heterocycles. The van der Waals surface area contributed by atoms with E-state index in [1.54, 1.807) is 0 Å². The van der Waals surface area contributed by atoms with Crippen LogP contribution in [-0.4, -0.2) is 12.4 Å². The number of amidine groups is 1. The van der Waals surface area contributed by atoms with Crippen LogP contribution in [0, 0.1) is 0 Å². The number of nitrogens with zero attached hydrogens (tertiary/aromatic N) is 1. The molecule has 0 fully saturated rings. The highest BCUT2D eigenvalue weighted by Gasteiger charge is 2.38. The zero-order valence-corrected chi connectivity index (χ0v) is 28.9. The number of rotatable bonds is 3. The second-order valence-electron chi connectivity index (χ2n) is 15.1. The highest BCUT2D eigenvalue weighted by Crippen LogP contribution is 2.54. The van der Waals surface area contributed by atoms with Crippen LogP contribution in [0.2, 0.25) is 0 Å². The maximum absolute atomic E-state index is 4.89. The van der Waals surface area contributed by atoms with Gasteiger partial charge in [0.05, 0.1) is 0 Å². The van der Waals surface area contributed by atoms with Gasteiger partial charge in [0, 0.05) is 29.1 Å². The molecule has 1 heterocycles. The first-order valence-electron chi connectivity index (χ1n) is 17.8. The molecule has 0 spiro atoms. The molecule has 2 heteroatoms. The first-order valence-corrected chi connectivity index (χ1v) is 17.8. The summed E-state index contributed by atoms with van der Waals surface area (Å²) in [5.41, 5.74) is 17.0. The second kappa shape index (κ2) is 10.4. The molecule has 0 radical (unpaired) electrons. The zero-order valence-electron chi connectivity index (χ0n) is 28.9. The van der Waals surface area contributed by atoms with E-state index in [0.717, 1.165) is 17.9 Å². The van der Waals surface area contributed by atoms with E-state index in [0.29, 0.717) is 0 Å². The minimum Gasteiger partial charge on any atom is -0.366 e. The highest BCUT2D eigenvalue weighted by atomic mass is 15.0. The van der Waals surface area contributed by atoms with E-state index in [4.69, 9.17) is 4.99 Å². The van der Waals surface area contributed by atoms with E-state index in [-0.39, 0.29) is 10.8 Å². The maximum Gasteiger partial charge on any atom is 0.134 e. The van der Waals surface area contributed by atoms with Crippen LogP contribution in [0.3, 0.4) is 0 Å². The van der Waals surface area contributed by atoms with E-state index in [9.17, 15) is 0 Å². The quantitative estimate of drug-likeness (QED) is 0.191. The molecule has 0 unspecified atom stereocenters. The molecule has 2 aliphatic carbocycles. The lowest BCUT2D eigenvalue weighted by molar-refractivity contribution is 0.660. The molecule has 240 valence electrons. The van der Waals surface area contributed by atoms with Crippen molar-refractivity contribution < 1.29 is 0 Å². The molecule has 3 aliphatic rings. The Morgan fingerprint density at radius 3 is 1.82 bits per heavy atom. The lowest BCUT2D eigenvalue weighted by Crippen LogP contribution is -2.27. The van der Waals surface area contributed by atoms with Gasteiger partial charge in [-0.15, -0.1) is 0 Å². The summed E-state index contributed by atoms with van der Waals surface area (Å²) in [6.45, 7) is 10.2. The van der Waals surface area contributed by atoms with Crippen LogP contribution in [0.25, 0.3) is 66.1 Å². The Kier molecular flexibility index (Phi) is 6.07. The highest BCUT2D eigenvalue weighted by molar-refractivity contribution is 6.26. The number of aliphatic imine (C=N–C) groups is 1. The Balaban J connectivity index is 1.29. The van der Waals surface area contributed by atoms with Gasteiger partial charge in [-0.2, -0.15) is 0 Å². The summed E-state index contributed by atoms with van der Waals surface area (Å²) < 4.78 is 0. The van der Waals surface area contributed by atoms with Crippen LogP contribution >= 0.6 is 0 Å². The molecule has 0 atom stereocenters. The SMILES string of the molecule is CC1(C)c2ccccc2-c2ccc(-c3ccc4c(C5=NC=CCN5)c5ccccc5c(-c5cccc6c5-c5ccccc5C6(C)C)c4c3)cc21. The third kappa shape index (κ3) is 3.93. The molecule has 0 amide bonds. The van der Waals surface area contributed by atoms with Gasteiger partial charge in [0.15, 0.2) is 0 Å². The minimum atomic E-state index is -0.0828. The van der Waals surface area contributed by atoms with E-state index in [1.165, 1.54) is 88.3 Å². The summed E-state index contributed by atoms with van der Waals surface area (Å²) in [6, 6.07) is 47.9. The number of hydrogen-bond acceptors (Lipinski definition) is 2. The van der Waals surface area contributed by atoms with Crippen molar-refractivity contribution in [1.29, 1.82) is 0 Å². The summed E-state index contributed by atoms with van der Waals surface area (Å²) >= 11 is 0. The topological polar surface area (TPSA) is 24.4 Å². The molecule has 0 saturated carbocycles. The third-order valence-electron chi connectivity index (χ3n) is 11.8. The fraction of sp³-hybridized carbons (Fsp3) is 0.146. The maximum atomic E-state index is 4.89. The zero-order chi connectivity index (χ0) is 33.8. The van der Waals surface area contributed by atoms with Crippen molar-refractivity contribution in [2.45, 2.75) is 38.5 Å².